The fourth-order valence-electron chi connectivity index (χ4n) is 3.46. The minimum Gasteiger partial charge on any atom is -0.377 e. The highest BCUT2D eigenvalue weighted by molar-refractivity contribution is 5.78. The van der Waals surface area contributed by atoms with Crippen LogP contribution in [-0.4, -0.2) is 29.9 Å². The van der Waals surface area contributed by atoms with Crippen LogP contribution >= 0.6 is 0 Å². The second kappa shape index (κ2) is 7.26. The number of allylic oxidation sites excluding steroid dienone is 1. The number of nitrogens with zero attached hydrogens (tertiary/aromatic N) is 2. The van der Waals surface area contributed by atoms with Crippen molar-refractivity contribution in [2.45, 2.75) is 71.8 Å². The molecular formula is C17H32N3+. The SMILES string of the molecule is CCC(CC)C[N+]1(CC)C=C(NC2CCCCC2)C=N1. The highest BCUT2D eigenvalue weighted by Crippen LogP contribution is 2.24. The molecule has 1 aliphatic carbocycles. The van der Waals surface area contributed by atoms with Crippen molar-refractivity contribution in [3.63, 3.8) is 0 Å². The van der Waals surface area contributed by atoms with Crippen molar-refractivity contribution < 1.29 is 4.59 Å². The average Bonchev–Trinajstić information content (AvgIpc) is 2.89. The predicted octanol–water partition coefficient (Wildman–Crippen LogP) is 4.02. The third kappa shape index (κ3) is 3.85. The Hall–Kier alpha value is -0.830. The van der Waals surface area contributed by atoms with Gasteiger partial charge in [0.15, 0.2) is 0 Å². The predicted molar refractivity (Wildman–Crippen MR) is 86.3 cm³/mol. The Bertz CT molecular complexity index is 351. The van der Waals surface area contributed by atoms with Crippen LogP contribution in [0.2, 0.25) is 0 Å². The van der Waals surface area contributed by atoms with Crippen LogP contribution in [0.5, 0.6) is 0 Å². The summed E-state index contributed by atoms with van der Waals surface area (Å²) in [4.78, 5) is 0. The van der Waals surface area contributed by atoms with Crippen LogP contribution in [0, 0.1) is 5.92 Å². The standard InChI is InChI=1S/C17H32N3/c1-4-15(5-2)13-20(6-3)14-17(12-18-20)19-16-10-8-7-9-11-16/h12,14-16,19H,4-11,13H2,1-3H3/q+1. The van der Waals surface area contributed by atoms with Crippen LogP contribution in [0.25, 0.3) is 0 Å². The summed E-state index contributed by atoms with van der Waals surface area (Å²) < 4.78 is 0.793. The van der Waals surface area contributed by atoms with Gasteiger partial charge in [-0.05, 0) is 32.6 Å². The molecule has 1 aliphatic heterocycles. The van der Waals surface area contributed by atoms with Crippen LogP contribution in [0.3, 0.4) is 0 Å². The van der Waals surface area contributed by atoms with Crippen molar-refractivity contribution in [1.29, 1.82) is 0 Å². The molecule has 0 aromatic carbocycles. The first-order valence-electron chi connectivity index (χ1n) is 8.63. The summed E-state index contributed by atoms with van der Waals surface area (Å²) in [6, 6.07) is 0.673. The molecule has 0 aromatic rings. The van der Waals surface area contributed by atoms with Gasteiger partial charge in [0, 0.05) is 12.0 Å². The maximum atomic E-state index is 4.83. The van der Waals surface area contributed by atoms with E-state index in [2.05, 4.69) is 38.5 Å². The van der Waals surface area contributed by atoms with E-state index >= 15 is 0 Å². The topological polar surface area (TPSA) is 24.4 Å². The molecule has 3 heteroatoms. The van der Waals surface area contributed by atoms with E-state index in [1.54, 1.807) is 0 Å². The number of quaternary nitrogens is 1. The Morgan fingerprint density at radius 3 is 2.50 bits per heavy atom. The maximum Gasteiger partial charge on any atom is 0.148 e. The third-order valence-corrected chi connectivity index (χ3v) is 5.06. The quantitative estimate of drug-likeness (QED) is 0.699. The Balaban J connectivity index is 1.96. The van der Waals surface area contributed by atoms with Gasteiger partial charge in [-0.15, -0.1) is 0 Å². The summed E-state index contributed by atoms with van der Waals surface area (Å²) >= 11 is 0. The zero-order valence-electron chi connectivity index (χ0n) is 13.6. The molecule has 0 spiro atoms. The van der Waals surface area contributed by atoms with E-state index in [4.69, 9.17) is 5.10 Å². The normalized spacial score (nSPS) is 27.1. The lowest BCUT2D eigenvalue weighted by Gasteiger charge is -2.28. The molecule has 20 heavy (non-hydrogen) atoms. The Labute approximate surface area is 124 Å². The summed E-state index contributed by atoms with van der Waals surface area (Å²) in [5.41, 5.74) is 1.25. The Morgan fingerprint density at radius 1 is 1.20 bits per heavy atom. The number of hydrogen-bond donors (Lipinski definition) is 1. The van der Waals surface area contributed by atoms with E-state index < -0.39 is 0 Å². The molecule has 1 N–H and O–H groups in total. The van der Waals surface area contributed by atoms with E-state index in [0.29, 0.717) is 6.04 Å². The molecule has 1 atom stereocenters. The highest BCUT2D eigenvalue weighted by Gasteiger charge is 2.31. The van der Waals surface area contributed by atoms with Gasteiger partial charge in [-0.3, -0.25) is 0 Å². The van der Waals surface area contributed by atoms with Crippen LogP contribution in [0.15, 0.2) is 17.0 Å². The molecule has 1 saturated carbocycles. The lowest BCUT2D eigenvalue weighted by Crippen LogP contribution is -2.40. The summed E-state index contributed by atoms with van der Waals surface area (Å²) in [6.07, 6.45) is 13.7. The molecule has 1 fully saturated rings. The first-order valence-corrected chi connectivity index (χ1v) is 8.63. The summed E-state index contributed by atoms with van der Waals surface area (Å²) in [5, 5.41) is 8.54. The number of nitrogens with one attached hydrogen (secondary N) is 1. The van der Waals surface area contributed by atoms with Crippen molar-refractivity contribution >= 4 is 6.21 Å². The molecule has 2 rings (SSSR count). The van der Waals surface area contributed by atoms with Gasteiger partial charge in [0.25, 0.3) is 0 Å². The zero-order valence-corrected chi connectivity index (χ0v) is 13.6. The lowest BCUT2D eigenvalue weighted by atomic mass is 9.95. The number of hydrogen-bond acceptors (Lipinski definition) is 2. The molecule has 0 aromatic heterocycles. The van der Waals surface area contributed by atoms with E-state index in [1.807, 2.05) is 0 Å². The summed E-state index contributed by atoms with van der Waals surface area (Å²) in [7, 11) is 0. The third-order valence-electron chi connectivity index (χ3n) is 5.06. The molecule has 3 nitrogen and oxygen atoms in total. The second-order valence-corrected chi connectivity index (χ2v) is 6.48. The van der Waals surface area contributed by atoms with Crippen molar-refractivity contribution in [3.8, 4) is 0 Å². The van der Waals surface area contributed by atoms with Gasteiger partial charge in [-0.25, -0.2) is 0 Å². The number of rotatable bonds is 7. The van der Waals surface area contributed by atoms with Gasteiger partial charge < -0.3 is 5.32 Å². The minimum absolute atomic E-state index is 0.673. The minimum atomic E-state index is 0.673. The smallest absolute Gasteiger partial charge is 0.148 e. The van der Waals surface area contributed by atoms with E-state index in [0.717, 1.165) is 23.6 Å². The molecule has 0 saturated heterocycles. The first-order chi connectivity index (χ1) is 9.71. The van der Waals surface area contributed by atoms with Crippen LogP contribution in [0.1, 0.15) is 65.7 Å². The average molecular weight is 278 g/mol. The fraction of sp³-hybridized carbons (Fsp3) is 0.824. The molecule has 114 valence electrons. The molecule has 0 amide bonds. The van der Waals surface area contributed by atoms with E-state index in [1.165, 1.54) is 50.6 Å². The Morgan fingerprint density at radius 2 is 1.90 bits per heavy atom. The second-order valence-electron chi connectivity index (χ2n) is 6.48. The van der Waals surface area contributed by atoms with Gasteiger partial charge in [0.1, 0.15) is 31.2 Å². The first kappa shape index (κ1) is 15.6. The van der Waals surface area contributed by atoms with Crippen molar-refractivity contribution in [2.24, 2.45) is 11.0 Å². The van der Waals surface area contributed by atoms with Crippen molar-refractivity contribution in [2.75, 3.05) is 13.1 Å². The van der Waals surface area contributed by atoms with Gasteiger partial charge in [-0.2, -0.15) is 4.59 Å². The molecule has 2 aliphatic rings. The summed E-state index contributed by atoms with van der Waals surface area (Å²) in [5.74, 6) is 0.775. The molecule has 1 heterocycles. The van der Waals surface area contributed by atoms with Crippen molar-refractivity contribution in [3.05, 3.63) is 11.9 Å². The van der Waals surface area contributed by atoms with E-state index in [9.17, 15) is 0 Å². The maximum absolute atomic E-state index is 4.83. The monoisotopic (exact) mass is 278 g/mol. The van der Waals surface area contributed by atoms with Gasteiger partial charge >= 0.3 is 0 Å². The van der Waals surface area contributed by atoms with Gasteiger partial charge in [0.05, 0.1) is 0 Å². The Kier molecular flexibility index (Phi) is 5.64. The summed E-state index contributed by atoms with van der Waals surface area (Å²) in [6.45, 7) is 9.05. The van der Waals surface area contributed by atoms with Crippen LogP contribution in [0.4, 0.5) is 0 Å². The largest absolute Gasteiger partial charge is 0.377 e. The lowest BCUT2D eigenvalue weighted by molar-refractivity contribution is -0.885. The van der Waals surface area contributed by atoms with Crippen LogP contribution < -0.4 is 5.32 Å². The van der Waals surface area contributed by atoms with Gasteiger partial charge in [0.2, 0.25) is 0 Å². The molecular weight excluding hydrogens is 246 g/mol. The molecule has 0 bridgehead atoms. The molecule has 0 radical (unpaired) electrons. The van der Waals surface area contributed by atoms with Gasteiger partial charge in [-0.1, -0.05) is 38.2 Å². The van der Waals surface area contributed by atoms with E-state index in [-0.39, 0.29) is 0 Å². The molecule has 1 unspecified atom stereocenters. The fourth-order valence-corrected chi connectivity index (χ4v) is 3.46. The highest BCUT2D eigenvalue weighted by atomic mass is 15.6. The van der Waals surface area contributed by atoms with Crippen LogP contribution in [-0.2, 0) is 0 Å². The van der Waals surface area contributed by atoms with Crippen molar-refractivity contribution in [1.82, 2.24) is 5.32 Å². The zero-order chi connectivity index (χ0) is 14.4.